The molecule has 0 radical (unpaired) electrons. The number of carbonyl (C=O) groups excluding carboxylic acids is 2. The summed E-state index contributed by atoms with van der Waals surface area (Å²) in [5.74, 6) is -0.609. The fourth-order valence-electron chi connectivity index (χ4n) is 10.5. The van der Waals surface area contributed by atoms with Gasteiger partial charge in [0.2, 0.25) is 23.7 Å². The zero-order valence-electron chi connectivity index (χ0n) is 55.6. The smallest absolute Gasteiger partial charge is 0.247 e. The number of amides is 2. The van der Waals surface area contributed by atoms with Crippen LogP contribution in [0.5, 0.6) is 11.5 Å². The van der Waals surface area contributed by atoms with E-state index < -0.39 is 36.2 Å². The first-order valence-electron chi connectivity index (χ1n) is 30.7. The van der Waals surface area contributed by atoms with Gasteiger partial charge in [0.25, 0.3) is 0 Å². The van der Waals surface area contributed by atoms with Crippen molar-refractivity contribution in [1.29, 1.82) is 0 Å². The van der Waals surface area contributed by atoms with Crippen LogP contribution in [0.4, 0.5) is 86.6 Å². The number of nitrogens with zero attached hydrogens (tertiary/aromatic N) is 9. The van der Waals surface area contributed by atoms with Crippen molar-refractivity contribution in [1.82, 2.24) is 34.6 Å². The van der Waals surface area contributed by atoms with Gasteiger partial charge in [-0.2, -0.15) is 9.97 Å². The van der Waals surface area contributed by atoms with Gasteiger partial charge in [-0.05, 0) is 131 Å². The van der Waals surface area contributed by atoms with Gasteiger partial charge >= 0.3 is 0 Å². The molecule has 28 heteroatoms. The van der Waals surface area contributed by atoms with Crippen molar-refractivity contribution in [3.63, 3.8) is 0 Å². The summed E-state index contributed by atoms with van der Waals surface area (Å²) in [6.07, 6.45) is 5.86. The first-order chi connectivity index (χ1) is 44.5. The van der Waals surface area contributed by atoms with Crippen molar-refractivity contribution in [2.45, 2.75) is 104 Å². The third kappa shape index (κ3) is 20.0. The molecule has 4 heterocycles. The summed E-state index contributed by atoms with van der Waals surface area (Å²) in [7, 11) is 11.2. The fourth-order valence-corrected chi connectivity index (χ4v) is 11.0. The number of likely N-dealkylation sites (N-methyl/N-ethyl adjacent to an activating group) is 2. The molecule has 0 spiro atoms. The maximum Gasteiger partial charge on any atom is 0.247 e. The molecule has 512 valence electrons. The maximum atomic E-state index is 14.3. The largest absolute Gasteiger partial charge is 0.494 e. The van der Waals surface area contributed by atoms with E-state index in [2.05, 4.69) is 104 Å². The van der Waals surface area contributed by atoms with Crippen LogP contribution >= 0.6 is 34.8 Å². The van der Waals surface area contributed by atoms with Crippen molar-refractivity contribution in [2.75, 3.05) is 136 Å². The number of rotatable bonds is 26. The average molecular weight is 1370 g/mol. The van der Waals surface area contributed by atoms with Crippen molar-refractivity contribution in [2.24, 2.45) is 0 Å². The Labute approximate surface area is 563 Å². The molecule has 2 aliphatic heterocycles. The summed E-state index contributed by atoms with van der Waals surface area (Å²) in [5, 5.41) is 38.9. The molecule has 8 rings (SSSR count). The number of hydrogen-bond acceptors (Lipinski definition) is 19. The third-order valence-electron chi connectivity index (χ3n) is 15.9. The molecule has 0 saturated carbocycles. The lowest BCUT2D eigenvalue weighted by molar-refractivity contribution is -0.116. The van der Waals surface area contributed by atoms with Gasteiger partial charge in [0.05, 0.1) is 69.6 Å². The predicted molar refractivity (Wildman–Crippen MR) is 371 cm³/mol. The number of ether oxygens (including phenoxy) is 2. The number of aliphatic hydroxyl groups is 2. The highest BCUT2D eigenvalue weighted by Crippen LogP contribution is 2.43. The van der Waals surface area contributed by atoms with Gasteiger partial charge in [-0.1, -0.05) is 50.6 Å². The molecule has 2 amide bonds. The molecule has 2 fully saturated rings. The molecular weight excluding hydrogens is 1280 g/mol. The fraction of sp³-hybridized carbons (Fsp3) is 0.455. The highest BCUT2D eigenvalue weighted by molar-refractivity contribution is 6.31. The molecule has 2 atom stereocenters. The van der Waals surface area contributed by atoms with Crippen LogP contribution < -0.4 is 51.2 Å². The number of hydrogen-bond donors (Lipinski definition) is 8. The lowest BCUT2D eigenvalue weighted by atomic mass is 9.96. The summed E-state index contributed by atoms with van der Waals surface area (Å²) >= 11 is 17.9. The molecule has 2 saturated heterocycles. The normalized spacial score (nSPS) is 14.7. The van der Waals surface area contributed by atoms with Crippen LogP contribution in [-0.4, -0.2) is 163 Å². The van der Waals surface area contributed by atoms with Gasteiger partial charge in [-0.15, -0.1) is 11.6 Å². The first-order valence-corrected chi connectivity index (χ1v) is 32.0. The maximum absolute atomic E-state index is 14.3. The number of alkyl halides is 3. The number of anilines is 12. The van der Waals surface area contributed by atoms with Crippen LogP contribution in [-0.2, 0) is 34.1 Å². The number of carbonyl (C=O) groups is 2. The summed E-state index contributed by atoms with van der Waals surface area (Å²) in [6, 6.07) is 12.7. The Morgan fingerprint density at radius 1 is 0.649 bits per heavy atom. The van der Waals surface area contributed by atoms with Gasteiger partial charge in [0, 0.05) is 109 Å². The quantitative estimate of drug-likeness (QED) is 0.0143. The van der Waals surface area contributed by atoms with Crippen LogP contribution in [0.1, 0.15) is 90.0 Å². The minimum absolute atomic E-state index is 0.0794. The topological polar surface area (TPSA) is 233 Å². The Balaban J connectivity index is 0.000000270. The van der Waals surface area contributed by atoms with Crippen molar-refractivity contribution in [3.05, 3.63) is 118 Å². The molecule has 0 aliphatic carbocycles. The van der Waals surface area contributed by atoms with Crippen LogP contribution in [0.15, 0.2) is 73.6 Å². The highest BCUT2D eigenvalue weighted by Gasteiger charge is 2.31. The Kier molecular flexibility index (Phi) is 27.5. The van der Waals surface area contributed by atoms with Gasteiger partial charge in [0.15, 0.2) is 0 Å². The zero-order valence-corrected chi connectivity index (χ0v) is 57.9. The molecule has 8 N–H and O–H groups in total. The van der Waals surface area contributed by atoms with E-state index in [4.69, 9.17) is 44.3 Å². The van der Waals surface area contributed by atoms with Crippen LogP contribution in [0.3, 0.4) is 0 Å². The minimum Gasteiger partial charge on any atom is -0.494 e. The molecule has 21 nitrogen and oxygen atoms in total. The Bertz CT molecular complexity index is 3570. The zero-order chi connectivity index (χ0) is 69.4. The first kappa shape index (κ1) is 75.5. The third-order valence-corrected chi connectivity index (χ3v) is 16.7. The molecule has 0 unspecified atom stereocenters. The number of methoxy groups -OCH3 is 2. The number of aromatic nitrogens is 4. The van der Waals surface area contributed by atoms with Gasteiger partial charge in [0.1, 0.15) is 48.1 Å². The van der Waals surface area contributed by atoms with Gasteiger partial charge in [-0.25, -0.2) is 27.5 Å². The van der Waals surface area contributed by atoms with E-state index in [1.165, 1.54) is 92.2 Å². The molecular formula is C66H88Cl3F4N15O6. The van der Waals surface area contributed by atoms with E-state index in [1.54, 1.807) is 12.1 Å². The average Bonchev–Trinajstić information content (AvgIpc) is 1.10. The predicted octanol–water partition coefficient (Wildman–Crippen LogP) is 13.2. The molecule has 94 heavy (non-hydrogen) atoms. The molecule has 2 aliphatic rings. The summed E-state index contributed by atoms with van der Waals surface area (Å²) < 4.78 is 67.9. The second-order valence-electron chi connectivity index (χ2n) is 23.8. The Hall–Kier alpha value is -7.49. The van der Waals surface area contributed by atoms with Gasteiger partial charge in [-0.3, -0.25) is 9.59 Å². The minimum atomic E-state index is -1.45. The molecule has 0 bridgehead atoms. The monoisotopic (exact) mass is 1370 g/mol. The number of nitrogens with one attached hydrogen (secondary N) is 6. The number of halogens is 7. The van der Waals surface area contributed by atoms with Crippen LogP contribution in [0.2, 0.25) is 10.0 Å². The van der Waals surface area contributed by atoms with Crippen LogP contribution in [0, 0.1) is 11.6 Å². The molecule has 4 aromatic carbocycles. The second kappa shape index (κ2) is 34.3. The van der Waals surface area contributed by atoms with Crippen LogP contribution in [0.25, 0.3) is 0 Å². The van der Waals surface area contributed by atoms with E-state index in [9.17, 15) is 37.4 Å². The van der Waals surface area contributed by atoms with E-state index >= 15 is 0 Å². The highest BCUT2D eigenvalue weighted by atomic mass is 35.5. The van der Waals surface area contributed by atoms with Crippen molar-refractivity contribution >= 4 is 116 Å². The van der Waals surface area contributed by atoms with Gasteiger partial charge < -0.3 is 76.1 Å². The Morgan fingerprint density at radius 2 is 1.05 bits per heavy atom. The standard InChI is InChI=1S/C30H37Cl2F2N7O3.C30H36ClF2N7O3.C6H15N/c1-30(2,43)19-10-21(34)20(32)11-22(19)37-28-17(14-33)15-35-29(39-28)38-24-12-23(36-27(42)6-8-31)25(13-26(24)44-5)41-9-7-18(16-41)40(3)4;1-7-27(41)35-23-12-24(26(43-6)13-25(23)40-9-8-18(16-40)39(4)5)37-29-34-15-17(14-32)28(38-29)36-22-11-20(31)21(33)10-19(22)30(2,3)42;1-4-7(5-2)6-3/h10-13,15,18,43H,6-9,14,16H2,1-5H3,(H,36,42)(H2,35,37,38,39);7,10-13,15,18,42H,1,8-9,14,16H2,2-6H3,(H,35,41)(H2,34,36,37,38);4-6H2,1-3H3/t2*18-;/m11./s1. The van der Waals surface area contributed by atoms with E-state index in [0.717, 1.165) is 62.5 Å². The number of benzene rings is 4. The summed E-state index contributed by atoms with van der Waals surface area (Å²) in [5.41, 5.74) is 1.80. The van der Waals surface area contributed by atoms with Crippen molar-refractivity contribution in [3.8, 4) is 11.5 Å². The van der Waals surface area contributed by atoms with E-state index in [0.29, 0.717) is 46.3 Å². The second-order valence-corrected chi connectivity index (χ2v) is 25.0. The van der Waals surface area contributed by atoms with E-state index in [-0.39, 0.29) is 91.3 Å². The lowest BCUT2D eigenvalue weighted by Crippen LogP contribution is -2.31. The lowest BCUT2D eigenvalue weighted by Gasteiger charge is -2.26. The molecule has 6 aromatic rings. The van der Waals surface area contributed by atoms with Crippen molar-refractivity contribution < 1.29 is 46.8 Å². The summed E-state index contributed by atoms with van der Waals surface area (Å²) in [4.78, 5) is 53.5. The summed E-state index contributed by atoms with van der Waals surface area (Å²) in [6.45, 7) is 21.0. The molecule has 2 aromatic heterocycles. The Morgan fingerprint density at radius 3 is 1.37 bits per heavy atom. The SMILES string of the molecule is C=CC(=O)Nc1cc(Nc2ncc(CF)c(Nc3cc(Cl)c(F)cc3C(C)(C)O)n2)c(OC)cc1N1CC[C@@H](N(C)C)C1.CCN(CC)CC.COc1cc(N2CC[C@@H](N(C)C)C2)c(NC(=O)CCCl)cc1Nc1ncc(CF)c(Nc2cc(Cl)c(F)cc2C(C)(C)O)n1. The van der Waals surface area contributed by atoms with E-state index in [1.807, 2.05) is 40.3 Å².